The van der Waals surface area contributed by atoms with Gasteiger partial charge in [0, 0.05) is 19.1 Å². The average molecular weight is 323 g/mol. The van der Waals surface area contributed by atoms with Gasteiger partial charge in [-0.15, -0.1) is 0 Å². The summed E-state index contributed by atoms with van der Waals surface area (Å²) in [6.45, 7) is 3.60. The minimum atomic E-state index is -0.663. The number of carbonyl (C=O) groups is 1. The molecule has 1 N–H and O–H groups in total. The van der Waals surface area contributed by atoms with E-state index in [4.69, 9.17) is 0 Å². The van der Waals surface area contributed by atoms with E-state index < -0.39 is 11.4 Å². The van der Waals surface area contributed by atoms with Gasteiger partial charge in [0.1, 0.15) is 0 Å². The Balaban J connectivity index is 1.78. The summed E-state index contributed by atoms with van der Waals surface area (Å²) in [6.07, 6.45) is 2.43. The number of aliphatic carboxylic acids is 1. The second-order valence-corrected chi connectivity index (χ2v) is 7.14. The Labute approximate surface area is 143 Å². The Morgan fingerprint density at radius 1 is 1.04 bits per heavy atom. The van der Waals surface area contributed by atoms with Gasteiger partial charge in [-0.25, -0.2) is 0 Å². The molecule has 2 aromatic carbocycles. The molecule has 1 fully saturated rings. The van der Waals surface area contributed by atoms with Gasteiger partial charge in [-0.2, -0.15) is 0 Å². The van der Waals surface area contributed by atoms with Crippen LogP contribution in [0.4, 0.5) is 0 Å². The van der Waals surface area contributed by atoms with Crippen molar-refractivity contribution in [1.82, 2.24) is 4.90 Å². The van der Waals surface area contributed by atoms with Crippen LogP contribution in [0, 0.1) is 5.41 Å². The van der Waals surface area contributed by atoms with Crippen molar-refractivity contribution >= 4 is 5.97 Å². The Morgan fingerprint density at radius 3 is 1.96 bits per heavy atom. The van der Waals surface area contributed by atoms with Crippen LogP contribution in [0.15, 0.2) is 60.7 Å². The van der Waals surface area contributed by atoms with E-state index in [0.29, 0.717) is 6.04 Å². The van der Waals surface area contributed by atoms with Crippen molar-refractivity contribution in [3.63, 3.8) is 0 Å². The third-order valence-electron chi connectivity index (χ3n) is 5.21. The molecule has 0 saturated heterocycles. The van der Waals surface area contributed by atoms with Gasteiger partial charge in [0.25, 0.3) is 0 Å². The van der Waals surface area contributed by atoms with E-state index in [1.54, 1.807) is 0 Å². The first-order valence-electron chi connectivity index (χ1n) is 8.62. The molecule has 3 rings (SSSR count). The molecule has 1 unspecified atom stereocenters. The number of benzene rings is 2. The van der Waals surface area contributed by atoms with Crippen molar-refractivity contribution < 1.29 is 9.90 Å². The monoisotopic (exact) mass is 323 g/mol. The highest BCUT2D eigenvalue weighted by Crippen LogP contribution is 2.41. The van der Waals surface area contributed by atoms with Gasteiger partial charge in [-0.1, -0.05) is 60.7 Å². The molecule has 1 saturated carbocycles. The van der Waals surface area contributed by atoms with Gasteiger partial charge >= 0.3 is 5.97 Å². The van der Waals surface area contributed by atoms with E-state index in [0.717, 1.165) is 32.4 Å². The molecule has 126 valence electrons. The predicted molar refractivity (Wildman–Crippen MR) is 95.5 cm³/mol. The highest BCUT2D eigenvalue weighted by atomic mass is 16.4. The van der Waals surface area contributed by atoms with Crippen LogP contribution < -0.4 is 0 Å². The Bertz CT molecular complexity index is 629. The Hall–Kier alpha value is -2.13. The summed E-state index contributed by atoms with van der Waals surface area (Å²) >= 11 is 0. The molecule has 24 heavy (non-hydrogen) atoms. The first kappa shape index (κ1) is 16.7. The molecule has 3 heteroatoms. The minimum absolute atomic E-state index is 0.312. The van der Waals surface area contributed by atoms with Crippen molar-refractivity contribution in [1.29, 1.82) is 0 Å². The largest absolute Gasteiger partial charge is 0.481 e. The second-order valence-electron chi connectivity index (χ2n) is 7.14. The van der Waals surface area contributed by atoms with E-state index >= 15 is 0 Å². The summed E-state index contributed by atoms with van der Waals surface area (Å²) in [5, 5.41) is 9.53. The maximum Gasteiger partial charge on any atom is 0.309 e. The van der Waals surface area contributed by atoms with Gasteiger partial charge < -0.3 is 5.11 Å². The SMILES string of the molecule is CC1(C(=O)O)CC[C@H](N(Cc2ccccc2)Cc2ccccc2)C1. The summed E-state index contributed by atoms with van der Waals surface area (Å²) in [7, 11) is 0. The first-order chi connectivity index (χ1) is 11.6. The lowest BCUT2D eigenvalue weighted by Gasteiger charge is -2.30. The van der Waals surface area contributed by atoms with E-state index in [1.165, 1.54) is 11.1 Å². The highest BCUT2D eigenvalue weighted by Gasteiger charge is 2.43. The highest BCUT2D eigenvalue weighted by molar-refractivity contribution is 5.74. The maximum absolute atomic E-state index is 11.6. The van der Waals surface area contributed by atoms with Crippen LogP contribution in [0.5, 0.6) is 0 Å². The van der Waals surface area contributed by atoms with E-state index in [2.05, 4.69) is 53.4 Å². The van der Waals surface area contributed by atoms with Crippen LogP contribution in [0.1, 0.15) is 37.3 Å². The third kappa shape index (κ3) is 3.85. The zero-order chi connectivity index (χ0) is 17.0. The van der Waals surface area contributed by atoms with Crippen LogP contribution in [0.3, 0.4) is 0 Å². The minimum Gasteiger partial charge on any atom is -0.481 e. The lowest BCUT2D eigenvalue weighted by Crippen LogP contribution is -2.34. The van der Waals surface area contributed by atoms with Gasteiger partial charge in [0.05, 0.1) is 5.41 Å². The third-order valence-corrected chi connectivity index (χ3v) is 5.21. The van der Waals surface area contributed by atoms with Crippen LogP contribution in [-0.4, -0.2) is 22.0 Å². The Kier molecular flexibility index (Phi) is 5.00. The van der Waals surface area contributed by atoms with E-state index in [1.807, 2.05) is 19.1 Å². The summed E-state index contributed by atoms with van der Waals surface area (Å²) in [6, 6.07) is 21.2. The van der Waals surface area contributed by atoms with Crippen molar-refractivity contribution in [2.24, 2.45) is 5.41 Å². The van der Waals surface area contributed by atoms with Crippen molar-refractivity contribution in [2.45, 2.75) is 45.3 Å². The van der Waals surface area contributed by atoms with Gasteiger partial charge in [-0.05, 0) is 37.3 Å². The van der Waals surface area contributed by atoms with E-state index in [-0.39, 0.29) is 0 Å². The normalized spacial score (nSPS) is 23.5. The number of hydrogen-bond acceptors (Lipinski definition) is 2. The number of carboxylic acids is 1. The molecular formula is C21H25NO2. The molecule has 0 radical (unpaired) electrons. The average Bonchev–Trinajstić information content (AvgIpc) is 3.00. The van der Waals surface area contributed by atoms with Crippen molar-refractivity contribution in [3.8, 4) is 0 Å². The molecule has 1 aliphatic rings. The fourth-order valence-corrected chi connectivity index (χ4v) is 3.67. The molecule has 0 heterocycles. The molecule has 1 aliphatic carbocycles. The quantitative estimate of drug-likeness (QED) is 0.860. The van der Waals surface area contributed by atoms with Crippen molar-refractivity contribution in [3.05, 3.63) is 71.8 Å². The maximum atomic E-state index is 11.6. The standard InChI is InChI=1S/C21H25NO2/c1-21(20(23)24)13-12-19(14-21)22(15-17-8-4-2-5-9-17)16-18-10-6-3-7-11-18/h2-11,19H,12-16H2,1H3,(H,23,24)/t19-,21?/m0/s1. The summed E-state index contributed by atoms with van der Waals surface area (Å²) in [5.41, 5.74) is 1.96. The first-order valence-corrected chi connectivity index (χ1v) is 8.62. The molecule has 0 spiro atoms. The lowest BCUT2D eigenvalue weighted by molar-refractivity contribution is -0.147. The molecule has 2 aromatic rings. The fourth-order valence-electron chi connectivity index (χ4n) is 3.67. The van der Waals surface area contributed by atoms with Gasteiger partial charge in [0.15, 0.2) is 0 Å². The molecule has 2 atom stereocenters. The van der Waals surface area contributed by atoms with Crippen LogP contribution >= 0.6 is 0 Å². The lowest BCUT2D eigenvalue weighted by atomic mass is 9.89. The molecular weight excluding hydrogens is 298 g/mol. The fraction of sp³-hybridized carbons (Fsp3) is 0.381. The summed E-state index contributed by atoms with van der Waals surface area (Å²) in [5.74, 6) is -0.663. The van der Waals surface area contributed by atoms with Crippen molar-refractivity contribution in [2.75, 3.05) is 0 Å². The number of hydrogen-bond donors (Lipinski definition) is 1. The summed E-state index contributed by atoms with van der Waals surface area (Å²) in [4.78, 5) is 14.0. The van der Waals surface area contributed by atoms with E-state index in [9.17, 15) is 9.90 Å². The van der Waals surface area contributed by atoms with Crippen LogP contribution in [-0.2, 0) is 17.9 Å². The van der Waals surface area contributed by atoms with Crippen LogP contribution in [0.25, 0.3) is 0 Å². The predicted octanol–water partition coefficient (Wildman–Crippen LogP) is 4.33. The molecule has 0 aliphatic heterocycles. The molecule has 0 aromatic heterocycles. The number of carboxylic acid groups (broad SMARTS) is 1. The molecule has 0 bridgehead atoms. The van der Waals surface area contributed by atoms with Gasteiger partial charge in [-0.3, -0.25) is 9.69 Å². The topological polar surface area (TPSA) is 40.5 Å². The summed E-state index contributed by atoms with van der Waals surface area (Å²) < 4.78 is 0. The zero-order valence-electron chi connectivity index (χ0n) is 14.2. The Morgan fingerprint density at radius 2 is 1.54 bits per heavy atom. The number of nitrogens with zero attached hydrogens (tertiary/aromatic N) is 1. The van der Waals surface area contributed by atoms with Gasteiger partial charge in [0.2, 0.25) is 0 Å². The number of rotatable bonds is 6. The smallest absolute Gasteiger partial charge is 0.309 e. The zero-order valence-corrected chi connectivity index (χ0v) is 14.2. The van der Waals surface area contributed by atoms with Crippen LogP contribution in [0.2, 0.25) is 0 Å². The molecule has 3 nitrogen and oxygen atoms in total. The molecule has 0 amide bonds. The second kappa shape index (κ2) is 7.18.